The molecule has 0 aliphatic heterocycles. The van der Waals surface area contributed by atoms with Gasteiger partial charge in [-0.25, -0.2) is 4.79 Å². The molecule has 7 heteroatoms. The van der Waals surface area contributed by atoms with Gasteiger partial charge in [0.1, 0.15) is 0 Å². The number of rotatable bonds is 3. The molecule has 0 unspecified atom stereocenters. The Balaban J connectivity index is 2.13. The number of tetrazole rings is 1. The highest BCUT2D eigenvalue weighted by molar-refractivity contribution is 6.33. The minimum Gasteiger partial charge on any atom is -0.478 e. The molecule has 1 aromatic heterocycles. The number of aromatic nitrogens is 4. The number of hydrogen-bond acceptors (Lipinski definition) is 4. The summed E-state index contributed by atoms with van der Waals surface area (Å²) in [6, 6.07) is 14.0. The topological polar surface area (TPSA) is 80.9 Å². The van der Waals surface area contributed by atoms with Crippen molar-refractivity contribution in [1.29, 1.82) is 0 Å². The summed E-state index contributed by atoms with van der Waals surface area (Å²) in [7, 11) is 0. The lowest BCUT2D eigenvalue weighted by Crippen LogP contribution is -2.04. The van der Waals surface area contributed by atoms with Gasteiger partial charge in [0.2, 0.25) is 0 Å². The zero-order valence-electron chi connectivity index (χ0n) is 10.6. The molecule has 0 bridgehead atoms. The number of halogens is 1. The van der Waals surface area contributed by atoms with Gasteiger partial charge in [0.15, 0.2) is 5.82 Å². The van der Waals surface area contributed by atoms with Gasteiger partial charge in [-0.05, 0) is 28.6 Å². The molecule has 6 nitrogen and oxygen atoms in total. The predicted octanol–water partition coefficient (Wildman–Crippen LogP) is 2.68. The van der Waals surface area contributed by atoms with Gasteiger partial charge in [-0.15, -0.1) is 5.10 Å². The van der Waals surface area contributed by atoms with Gasteiger partial charge in [0, 0.05) is 5.56 Å². The zero-order chi connectivity index (χ0) is 14.8. The van der Waals surface area contributed by atoms with Crippen molar-refractivity contribution >= 4 is 17.6 Å². The van der Waals surface area contributed by atoms with Gasteiger partial charge < -0.3 is 5.11 Å². The Morgan fingerprint density at radius 2 is 1.90 bits per heavy atom. The first kappa shape index (κ1) is 13.3. The summed E-state index contributed by atoms with van der Waals surface area (Å²) in [6.07, 6.45) is 0. The fourth-order valence-corrected chi connectivity index (χ4v) is 2.14. The van der Waals surface area contributed by atoms with Gasteiger partial charge in [0.25, 0.3) is 0 Å². The first-order chi connectivity index (χ1) is 10.2. The van der Waals surface area contributed by atoms with E-state index in [1.807, 2.05) is 30.3 Å². The molecule has 0 aliphatic carbocycles. The fourth-order valence-electron chi connectivity index (χ4n) is 1.94. The van der Waals surface area contributed by atoms with E-state index in [4.69, 9.17) is 16.7 Å². The monoisotopic (exact) mass is 300 g/mol. The van der Waals surface area contributed by atoms with E-state index >= 15 is 0 Å². The van der Waals surface area contributed by atoms with Crippen LogP contribution in [0, 0.1) is 0 Å². The Kier molecular flexibility index (Phi) is 3.37. The number of carboxylic acid groups (broad SMARTS) is 1. The van der Waals surface area contributed by atoms with Crippen LogP contribution in [0.5, 0.6) is 0 Å². The van der Waals surface area contributed by atoms with Crippen LogP contribution >= 0.6 is 11.6 Å². The second-order valence-corrected chi connectivity index (χ2v) is 4.66. The summed E-state index contributed by atoms with van der Waals surface area (Å²) >= 11 is 5.87. The highest BCUT2D eigenvalue weighted by atomic mass is 35.5. The van der Waals surface area contributed by atoms with Crippen molar-refractivity contribution in [2.24, 2.45) is 0 Å². The minimum atomic E-state index is -1.10. The molecular formula is C14H9ClN4O2. The van der Waals surface area contributed by atoms with Crippen LogP contribution in [0.2, 0.25) is 5.02 Å². The quantitative estimate of drug-likeness (QED) is 0.804. The smallest absolute Gasteiger partial charge is 0.337 e. The summed E-state index contributed by atoms with van der Waals surface area (Å²) in [5, 5.41) is 20.8. The standard InChI is InChI=1S/C14H9ClN4O2/c15-12-7-6-10(8-11(12)14(20)21)19-13(16-17-18-19)9-4-2-1-3-5-9/h1-8H,(H,20,21). The number of carboxylic acids is 1. The largest absolute Gasteiger partial charge is 0.478 e. The number of carbonyl (C=O) groups is 1. The summed E-state index contributed by atoms with van der Waals surface area (Å²) in [4.78, 5) is 11.2. The first-order valence-corrected chi connectivity index (χ1v) is 6.41. The maximum atomic E-state index is 11.2. The van der Waals surface area contributed by atoms with Crippen molar-refractivity contribution in [3.63, 3.8) is 0 Å². The lowest BCUT2D eigenvalue weighted by atomic mass is 10.2. The normalized spacial score (nSPS) is 10.5. The molecule has 0 radical (unpaired) electrons. The molecule has 0 saturated carbocycles. The van der Waals surface area contributed by atoms with E-state index in [1.54, 1.807) is 6.07 Å². The van der Waals surface area contributed by atoms with Crippen molar-refractivity contribution in [3.8, 4) is 17.1 Å². The van der Waals surface area contributed by atoms with Crippen LogP contribution in [0.15, 0.2) is 48.5 Å². The molecule has 0 spiro atoms. The van der Waals surface area contributed by atoms with Crippen LogP contribution in [0.25, 0.3) is 17.1 Å². The Morgan fingerprint density at radius 1 is 1.14 bits per heavy atom. The van der Waals surface area contributed by atoms with Gasteiger partial charge in [-0.2, -0.15) is 4.68 Å². The second-order valence-electron chi connectivity index (χ2n) is 4.25. The van der Waals surface area contributed by atoms with E-state index in [2.05, 4.69) is 15.5 Å². The lowest BCUT2D eigenvalue weighted by molar-refractivity contribution is 0.0697. The highest BCUT2D eigenvalue weighted by Crippen LogP contribution is 2.23. The molecule has 0 saturated heterocycles. The van der Waals surface area contributed by atoms with E-state index in [0.29, 0.717) is 11.5 Å². The van der Waals surface area contributed by atoms with Gasteiger partial charge in [0.05, 0.1) is 16.3 Å². The first-order valence-electron chi connectivity index (χ1n) is 6.04. The van der Waals surface area contributed by atoms with Crippen LogP contribution in [0.4, 0.5) is 0 Å². The Morgan fingerprint density at radius 3 is 2.62 bits per heavy atom. The number of benzene rings is 2. The molecular weight excluding hydrogens is 292 g/mol. The number of aromatic carboxylic acids is 1. The van der Waals surface area contributed by atoms with Crippen LogP contribution < -0.4 is 0 Å². The number of nitrogens with zero attached hydrogens (tertiary/aromatic N) is 4. The van der Waals surface area contributed by atoms with Gasteiger partial charge in [-0.1, -0.05) is 41.9 Å². The third-order valence-corrected chi connectivity index (χ3v) is 3.26. The summed E-state index contributed by atoms with van der Waals surface area (Å²) in [5.74, 6) is -0.578. The minimum absolute atomic E-state index is 0.00341. The maximum Gasteiger partial charge on any atom is 0.337 e. The average molecular weight is 301 g/mol. The molecule has 1 N–H and O–H groups in total. The van der Waals surface area contributed by atoms with E-state index in [1.165, 1.54) is 16.8 Å². The van der Waals surface area contributed by atoms with Crippen LogP contribution in [0.1, 0.15) is 10.4 Å². The molecule has 1 heterocycles. The predicted molar refractivity (Wildman–Crippen MR) is 76.6 cm³/mol. The van der Waals surface area contributed by atoms with Crippen molar-refractivity contribution < 1.29 is 9.90 Å². The molecule has 0 atom stereocenters. The van der Waals surface area contributed by atoms with Gasteiger partial charge in [-0.3, -0.25) is 0 Å². The molecule has 0 fully saturated rings. The number of hydrogen-bond donors (Lipinski definition) is 1. The zero-order valence-corrected chi connectivity index (χ0v) is 11.4. The van der Waals surface area contributed by atoms with Crippen molar-refractivity contribution in [1.82, 2.24) is 20.2 Å². The van der Waals surface area contributed by atoms with Crippen molar-refractivity contribution in [2.45, 2.75) is 0 Å². The molecule has 2 aromatic carbocycles. The van der Waals surface area contributed by atoms with E-state index in [0.717, 1.165) is 5.56 Å². The van der Waals surface area contributed by atoms with Crippen molar-refractivity contribution in [2.75, 3.05) is 0 Å². The van der Waals surface area contributed by atoms with E-state index in [-0.39, 0.29) is 10.6 Å². The van der Waals surface area contributed by atoms with Crippen molar-refractivity contribution in [3.05, 3.63) is 59.1 Å². The summed E-state index contributed by atoms with van der Waals surface area (Å²) in [5.41, 5.74) is 1.36. The Hall–Kier alpha value is -2.73. The fraction of sp³-hybridized carbons (Fsp3) is 0. The van der Waals surface area contributed by atoms with Gasteiger partial charge >= 0.3 is 5.97 Å². The Bertz CT molecular complexity index is 802. The Labute approximate surface area is 124 Å². The average Bonchev–Trinajstić information content (AvgIpc) is 2.98. The van der Waals surface area contributed by atoms with Crippen LogP contribution in [-0.4, -0.2) is 31.3 Å². The van der Waals surface area contributed by atoms with E-state index < -0.39 is 5.97 Å². The SMILES string of the molecule is O=C(O)c1cc(-n2nnnc2-c2ccccc2)ccc1Cl. The van der Waals surface area contributed by atoms with Crippen LogP contribution in [0.3, 0.4) is 0 Å². The molecule has 3 rings (SSSR count). The second kappa shape index (κ2) is 5.34. The lowest BCUT2D eigenvalue weighted by Gasteiger charge is -2.06. The maximum absolute atomic E-state index is 11.2. The molecule has 21 heavy (non-hydrogen) atoms. The summed E-state index contributed by atoms with van der Waals surface area (Å²) in [6.45, 7) is 0. The van der Waals surface area contributed by atoms with Crippen LogP contribution in [-0.2, 0) is 0 Å². The molecule has 3 aromatic rings. The highest BCUT2D eigenvalue weighted by Gasteiger charge is 2.14. The third kappa shape index (κ3) is 2.48. The molecule has 0 amide bonds. The third-order valence-electron chi connectivity index (χ3n) is 2.93. The summed E-state index contributed by atoms with van der Waals surface area (Å²) < 4.78 is 1.47. The molecule has 0 aliphatic rings. The van der Waals surface area contributed by atoms with E-state index in [9.17, 15) is 4.79 Å². The molecule has 104 valence electrons.